The third kappa shape index (κ3) is 4.21. The molecule has 0 saturated heterocycles. The van der Waals surface area contributed by atoms with E-state index in [1.807, 2.05) is 0 Å². The van der Waals surface area contributed by atoms with Crippen LogP contribution in [0.3, 0.4) is 0 Å². The molecule has 12 heteroatoms. The Kier molecular flexibility index (Phi) is 5.71. The Labute approximate surface area is 189 Å². The van der Waals surface area contributed by atoms with E-state index in [0.717, 1.165) is 13.0 Å². The number of benzene rings is 1. The summed E-state index contributed by atoms with van der Waals surface area (Å²) in [5.74, 6) is -1.70. The van der Waals surface area contributed by atoms with Crippen LogP contribution in [0, 0.1) is 17.1 Å². The van der Waals surface area contributed by atoms with Gasteiger partial charge in [0, 0.05) is 24.5 Å². The first-order valence-corrected chi connectivity index (χ1v) is 9.91. The Hall–Kier alpha value is -3.65. The monoisotopic (exact) mass is 479 g/mol. The number of aromatic nitrogens is 3. The summed E-state index contributed by atoms with van der Waals surface area (Å²) in [5, 5.41) is 13.2. The van der Waals surface area contributed by atoms with Crippen molar-refractivity contribution in [3.8, 4) is 17.6 Å². The van der Waals surface area contributed by atoms with Crippen LogP contribution in [0.4, 0.5) is 17.6 Å². The Morgan fingerprint density at radius 3 is 2.70 bits per heavy atom. The molecule has 3 aromatic rings. The van der Waals surface area contributed by atoms with Gasteiger partial charge in [0.05, 0.1) is 22.8 Å². The number of ether oxygens (including phenoxy) is 1. The number of pyridine rings is 1. The molecule has 2 aromatic heterocycles. The normalized spacial score (nSPS) is 14.0. The second-order valence-electron chi connectivity index (χ2n) is 7.23. The molecule has 1 unspecified atom stereocenters. The summed E-state index contributed by atoms with van der Waals surface area (Å²) >= 11 is 6.19. The third-order valence-electron chi connectivity index (χ3n) is 5.03. The first-order valence-electron chi connectivity index (χ1n) is 9.53. The number of hydrogen-bond acceptors (Lipinski definition) is 5. The van der Waals surface area contributed by atoms with Crippen LogP contribution in [0.1, 0.15) is 34.1 Å². The average Bonchev–Trinajstić information content (AvgIpc) is 3.32. The lowest BCUT2D eigenvalue weighted by Gasteiger charge is -2.23. The minimum Gasteiger partial charge on any atom is -0.480 e. The molecule has 1 aliphatic rings. The van der Waals surface area contributed by atoms with Crippen LogP contribution in [0.25, 0.3) is 5.82 Å². The summed E-state index contributed by atoms with van der Waals surface area (Å²) in [4.78, 5) is 18.5. The maximum atomic E-state index is 14.0. The largest absolute Gasteiger partial charge is 0.480 e. The molecule has 0 radical (unpaired) electrons. The van der Waals surface area contributed by atoms with Crippen LogP contribution in [0.5, 0.6) is 5.75 Å². The van der Waals surface area contributed by atoms with E-state index >= 15 is 0 Å². The molecule has 1 atom stereocenters. The number of nitriles is 1. The van der Waals surface area contributed by atoms with E-state index in [1.165, 1.54) is 40.2 Å². The maximum Gasteiger partial charge on any atom is 0.425 e. The molecule has 0 aliphatic carbocycles. The van der Waals surface area contributed by atoms with Crippen LogP contribution < -0.4 is 4.74 Å². The summed E-state index contributed by atoms with van der Waals surface area (Å²) in [6.07, 6.45) is -3.95. The highest BCUT2D eigenvalue weighted by molar-refractivity contribution is 6.35. The number of fused-ring (bicyclic) bond motifs is 1. The fourth-order valence-corrected chi connectivity index (χ4v) is 3.59. The molecule has 0 bridgehead atoms. The standard InChI is InChI=1S/C21H14ClF4N5O2/c1-11(21(24,25)26)33-16-5-4-12(7-27)18(22)17(16)20(32)30-8-13-9-31(29-15(13)10-30)19-14(23)3-2-6-28-19/h2-6,9,11H,8,10H2,1H3. The van der Waals surface area contributed by atoms with Crippen molar-refractivity contribution in [1.29, 1.82) is 5.26 Å². The zero-order valence-corrected chi connectivity index (χ0v) is 17.7. The minimum atomic E-state index is -4.67. The SMILES string of the molecule is CC(Oc1ccc(C#N)c(Cl)c1C(=O)N1Cc2cn(-c3ncccc3F)nc2C1)C(F)(F)F. The lowest BCUT2D eigenvalue weighted by molar-refractivity contribution is -0.189. The molecule has 0 saturated carbocycles. The number of rotatable bonds is 4. The molecule has 170 valence electrons. The van der Waals surface area contributed by atoms with E-state index in [-0.39, 0.29) is 40.8 Å². The van der Waals surface area contributed by atoms with Gasteiger partial charge in [0.2, 0.25) is 0 Å². The lowest BCUT2D eigenvalue weighted by atomic mass is 10.1. The van der Waals surface area contributed by atoms with Gasteiger partial charge in [-0.1, -0.05) is 11.6 Å². The van der Waals surface area contributed by atoms with E-state index in [9.17, 15) is 27.6 Å². The number of amides is 1. The third-order valence-corrected chi connectivity index (χ3v) is 5.42. The highest BCUT2D eigenvalue weighted by Crippen LogP contribution is 2.36. The second-order valence-corrected chi connectivity index (χ2v) is 7.61. The van der Waals surface area contributed by atoms with E-state index < -0.39 is 24.0 Å². The van der Waals surface area contributed by atoms with Crippen LogP contribution >= 0.6 is 11.6 Å². The zero-order chi connectivity index (χ0) is 23.9. The van der Waals surface area contributed by atoms with E-state index in [2.05, 4.69) is 10.1 Å². The molecule has 1 amide bonds. The van der Waals surface area contributed by atoms with Gasteiger partial charge in [0.25, 0.3) is 5.91 Å². The summed E-state index contributed by atoms with van der Waals surface area (Å²) in [6, 6.07) is 6.76. The summed E-state index contributed by atoms with van der Waals surface area (Å²) in [5.41, 5.74) is 0.638. The number of hydrogen-bond donors (Lipinski definition) is 0. The van der Waals surface area contributed by atoms with Gasteiger partial charge in [-0.25, -0.2) is 14.1 Å². The first kappa shape index (κ1) is 22.5. The first-order chi connectivity index (χ1) is 15.6. The van der Waals surface area contributed by atoms with Crippen LogP contribution in [-0.2, 0) is 13.1 Å². The highest BCUT2D eigenvalue weighted by Gasteiger charge is 2.39. The fourth-order valence-electron chi connectivity index (χ4n) is 3.31. The molecule has 1 aliphatic heterocycles. The van der Waals surface area contributed by atoms with E-state index in [1.54, 1.807) is 6.07 Å². The van der Waals surface area contributed by atoms with Crippen molar-refractivity contribution >= 4 is 17.5 Å². The van der Waals surface area contributed by atoms with Crippen molar-refractivity contribution in [3.05, 3.63) is 69.9 Å². The van der Waals surface area contributed by atoms with E-state index in [4.69, 9.17) is 16.3 Å². The smallest absolute Gasteiger partial charge is 0.425 e. The van der Waals surface area contributed by atoms with Crippen molar-refractivity contribution in [3.63, 3.8) is 0 Å². The van der Waals surface area contributed by atoms with Crippen molar-refractivity contribution < 1.29 is 27.1 Å². The fraction of sp³-hybridized carbons (Fsp3) is 0.238. The molecule has 0 spiro atoms. The molecular formula is C21H14ClF4N5O2. The van der Waals surface area contributed by atoms with Gasteiger partial charge in [-0.3, -0.25) is 4.79 Å². The molecule has 7 nitrogen and oxygen atoms in total. The second kappa shape index (κ2) is 8.37. The van der Waals surface area contributed by atoms with Gasteiger partial charge in [0.1, 0.15) is 17.4 Å². The number of alkyl halides is 3. The Morgan fingerprint density at radius 1 is 1.30 bits per heavy atom. The Morgan fingerprint density at radius 2 is 2.06 bits per heavy atom. The number of nitrogens with zero attached hydrogens (tertiary/aromatic N) is 5. The molecule has 33 heavy (non-hydrogen) atoms. The van der Waals surface area contributed by atoms with Crippen molar-refractivity contribution in [2.45, 2.75) is 32.3 Å². The highest BCUT2D eigenvalue weighted by atomic mass is 35.5. The van der Waals surface area contributed by atoms with Crippen LogP contribution in [-0.4, -0.2) is 37.9 Å². The predicted molar refractivity (Wildman–Crippen MR) is 107 cm³/mol. The van der Waals surface area contributed by atoms with Crippen LogP contribution in [0.2, 0.25) is 5.02 Å². The van der Waals surface area contributed by atoms with Crippen LogP contribution in [0.15, 0.2) is 36.7 Å². The topological polar surface area (TPSA) is 84.0 Å². The number of carbonyl (C=O) groups excluding carboxylic acids is 1. The molecule has 0 N–H and O–H groups in total. The molecule has 0 fully saturated rings. The minimum absolute atomic E-state index is 0.00298. The number of carbonyl (C=O) groups is 1. The quantitative estimate of drug-likeness (QED) is 0.517. The Bertz CT molecular complexity index is 1260. The molecule has 4 rings (SSSR count). The van der Waals surface area contributed by atoms with E-state index in [0.29, 0.717) is 11.3 Å². The summed E-state index contributed by atoms with van der Waals surface area (Å²) < 4.78 is 59.3. The van der Waals surface area contributed by atoms with Gasteiger partial charge in [-0.05, 0) is 31.2 Å². The number of halogens is 5. The van der Waals surface area contributed by atoms with Crippen molar-refractivity contribution in [2.75, 3.05) is 0 Å². The van der Waals surface area contributed by atoms with Crippen molar-refractivity contribution in [2.24, 2.45) is 0 Å². The Balaban J connectivity index is 1.63. The molecule has 1 aromatic carbocycles. The molecule has 3 heterocycles. The lowest BCUT2D eigenvalue weighted by Crippen LogP contribution is -2.33. The van der Waals surface area contributed by atoms with Gasteiger partial charge in [-0.2, -0.15) is 23.5 Å². The average molecular weight is 480 g/mol. The zero-order valence-electron chi connectivity index (χ0n) is 16.9. The summed E-state index contributed by atoms with van der Waals surface area (Å²) in [6.45, 7) is 0.840. The van der Waals surface area contributed by atoms with Gasteiger partial charge < -0.3 is 9.64 Å². The van der Waals surface area contributed by atoms with Crippen molar-refractivity contribution in [1.82, 2.24) is 19.7 Å². The maximum absolute atomic E-state index is 14.0. The van der Waals surface area contributed by atoms with Gasteiger partial charge in [-0.15, -0.1) is 0 Å². The molecular weight excluding hydrogens is 466 g/mol. The summed E-state index contributed by atoms with van der Waals surface area (Å²) in [7, 11) is 0. The van der Waals surface area contributed by atoms with Gasteiger partial charge in [0.15, 0.2) is 17.7 Å². The van der Waals surface area contributed by atoms with Gasteiger partial charge >= 0.3 is 6.18 Å². The predicted octanol–water partition coefficient (Wildman–Crippen LogP) is 4.42.